The Morgan fingerprint density at radius 2 is 1.12 bits per heavy atom. The number of phenols is 4. The van der Waals surface area contributed by atoms with Crippen molar-refractivity contribution in [3.05, 3.63) is 142 Å². The molecule has 0 bridgehead atoms. The summed E-state index contributed by atoms with van der Waals surface area (Å²) in [5.41, 5.74) is 5.87. The molecular weight excluding hydrogens is 528 g/mol. The van der Waals surface area contributed by atoms with Gasteiger partial charge in [0.1, 0.15) is 28.6 Å². The van der Waals surface area contributed by atoms with Crippen LogP contribution in [0.25, 0.3) is 0 Å². The molecule has 4 aromatic rings. The smallest absolute Gasteiger partial charge is 0.115 e. The first-order valence-electron chi connectivity index (χ1n) is 14.1. The second-order valence-corrected chi connectivity index (χ2v) is 11.0. The van der Waals surface area contributed by atoms with Crippen LogP contribution in [0.4, 0.5) is 0 Å². The molecule has 0 amide bonds. The Kier molecular flexibility index (Phi) is 8.55. The van der Waals surface area contributed by atoms with Gasteiger partial charge in [0, 0.05) is 26.4 Å². The minimum Gasteiger partial charge on any atom is -0.512 e. The Hall–Kier alpha value is -4.68. The Labute approximate surface area is 246 Å². The normalized spacial score (nSPS) is 17.1. The molecule has 0 saturated carbocycles. The lowest BCUT2D eigenvalue weighted by Crippen LogP contribution is -2.41. The lowest BCUT2D eigenvalue weighted by atomic mass is 9.70. The maximum Gasteiger partial charge on any atom is 0.115 e. The molecule has 5 rings (SSSR count). The molecule has 1 unspecified atom stereocenters. The van der Waals surface area contributed by atoms with Crippen LogP contribution >= 0.6 is 0 Å². The van der Waals surface area contributed by atoms with Gasteiger partial charge in [0.15, 0.2) is 0 Å². The van der Waals surface area contributed by atoms with Gasteiger partial charge >= 0.3 is 0 Å². The van der Waals surface area contributed by atoms with Crippen LogP contribution < -0.4 is 0 Å². The summed E-state index contributed by atoms with van der Waals surface area (Å²) >= 11 is 0. The number of rotatable bonds is 10. The van der Waals surface area contributed by atoms with Gasteiger partial charge in [-0.3, -0.25) is 0 Å². The largest absolute Gasteiger partial charge is 0.512 e. The van der Waals surface area contributed by atoms with Crippen LogP contribution in [0.2, 0.25) is 0 Å². The van der Waals surface area contributed by atoms with E-state index in [9.17, 15) is 25.5 Å². The summed E-state index contributed by atoms with van der Waals surface area (Å²) < 4.78 is 6.37. The van der Waals surface area contributed by atoms with Gasteiger partial charge in [0.25, 0.3) is 0 Å². The summed E-state index contributed by atoms with van der Waals surface area (Å²) in [5, 5.41) is 51.5. The Morgan fingerprint density at radius 3 is 1.67 bits per heavy atom. The van der Waals surface area contributed by atoms with Gasteiger partial charge in [-0.15, -0.1) is 0 Å². The van der Waals surface area contributed by atoms with E-state index in [1.54, 1.807) is 55.6 Å². The molecule has 0 aliphatic heterocycles. The number of phenolic OH excluding ortho intramolecular Hbond substituents is 4. The number of aromatic hydroxyl groups is 4. The number of aliphatic hydroxyl groups is 1. The van der Waals surface area contributed by atoms with Crippen molar-refractivity contribution in [3.63, 3.8) is 0 Å². The van der Waals surface area contributed by atoms with Crippen molar-refractivity contribution in [2.45, 2.75) is 44.1 Å². The summed E-state index contributed by atoms with van der Waals surface area (Å²) in [7, 11) is 1.67. The minimum absolute atomic E-state index is 0.180. The second-order valence-electron chi connectivity index (χ2n) is 11.0. The molecule has 1 aliphatic carbocycles. The number of hydrogen-bond donors (Lipinski definition) is 5. The maximum absolute atomic E-state index is 11.7. The molecule has 0 spiro atoms. The van der Waals surface area contributed by atoms with Crippen LogP contribution in [0.3, 0.4) is 0 Å². The fraction of sp³-hybridized carbons (Fsp3) is 0.222. The molecule has 0 heterocycles. The van der Waals surface area contributed by atoms with Crippen molar-refractivity contribution in [1.29, 1.82) is 0 Å². The van der Waals surface area contributed by atoms with E-state index in [1.807, 2.05) is 48.5 Å². The lowest BCUT2D eigenvalue weighted by Gasteiger charge is -2.41. The topological polar surface area (TPSA) is 110 Å². The van der Waals surface area contributed by atoms with E-state index in [4.69, 9.17) is 4.74 Å². The van der Waals surface area contributed by atoms with Gasteiger partial charge in [-0.2, -0.15) is 0 Å². The number of ether oxygens (including phenoxy) is 1. The van der Waals surface area contributed by atoms with Crippen LogP contribution in [0.5, 0.6) is 23.0 Å². The van der Waals surface area contributed by atoms with Gasteiger partial charge in [-0.25, -0.2) is 0 Å². The Bertz CT molecular complexity index is 1580. The zero-order chi connectivity index (χ0) is 29.7. The molecule has 0 fully saturated rings. The molecular formula is C36H36O6. The Morgan fingerprint density at radius 1 is 0.571 bits per heavy atom. The van der Waals surface area contributed by atoms with Crippen LogP contribution in [-0.4, -0.2) is 38.2 Å². The van der Waals surface area contributed by atoms with Gasteiger partial charge < -0.3 is 30.3 Å². The van der Waals surface area contributed by atoms with Crippen molar-refractivity contribution in [2.75, 3.05) is 7.11 Å². The fourth-order valence-electron chi connectivity index (χ4n) is 5.89. The summed E-state index contributed by atoms with van der Waals surface area (Å²) in [6.07, 6.45) is 2.97. The first kappa shape index (κ1) is 28.8. The highest BCUT2D eigenvalue weighted by atomic mass is 16.5. The number of aryl methyl sites for hydroxylation is 1. The fourth-order valence-corrected chi connectivity index (χ4v) is 5.89. The quantitative estimate of drug-likeness (QED) is 0.141. The molecule has 1 aliphatic rings. The van der Waals surface area contributed by atoms with Crippen molar-refractivity contribution in [3.8, 4) is 23.0 Å². The zero-order valence-electron chi connectivity index (χ0n) is 23.6. The zero-order valence-corrected chi connectivity index (χ0v) is 23.6. The van der Waals surface area contributed by atoms with E-state index in [0.717, 1.165) is 39.0 Å². The third-order valence-electron chi connectivity index (χ3n) is 8.11. The third kappa shape index (κ3) is 6.61. The summed E-state index contributed by atoms with van der Waals surface area (Å²) in [4.78, 5) is 0. The predicted octanol–water partition coefficient (Wildman–Crippen LogP) is 7.07. The van der Waals surface area contributed by atoms with Crippen LogP contribution in [-0.2, 0) is 30.4 Å². The standard InChI is InChI=1S/C36H36O6/c1-42-36(22-27-9-16-30(39)17-10-27)23-35(41)33(20-25-5-12-28(37)13-6-25)32(18-11-24-3-2-4-31(40)19-24)34(36)21-26-7-14-29(38)15-8-26/h2-10,12-17,19,37-41H,11,18,20-23H2,1H3. The monoisotopic (exact) mass is 564 g/mol. The van der Waals surface area contributed by atoms with E-state index in [2.05, 4.69) is 0 Å². The van der Waals surface area contributed by atoms with Gasteiger partial charge in [-0.05, 0) is 107 Å². The van der Waals surface area contributed by atoms with Crippen molar-refractivity contribution in [1.82, 2.24) is 0 Å². The molecule has 5 N–H and O–H groups in total. The Balaban J connectivity index is 1.65. The average molecular weight is 565 g/mol. The number of methoxy groups -OCH3 is 1. The molecule has 0 aromatic heterocycles. The molecule has 216 valence electrons. The summed E-state index contributed by atoms with van der Waals surface area (Å²) in [6.45, 7) is 0. The minimum atomic E-state index is -0.869. The average Bonchev–Trinajstić information content (AvgIpc) is 2.98. The number of allylic oxidation sites excluding steroid dienone is 2. The molecule has 42 heavy (non-hydrogen) atoms. The molecule has 6 nitrogen and oxygen atoms in total. The van der Waals surface area contributed by atoms with Crippen molar-refractivity contribution in [2.24, 2.45) is 0 Å². The van der Waals surface area contributed by atoms with E-state index < -0.39 is 5.60 Å². The highest BCUT2D eigenvalue weighted by Crippen LogP contribution is 2.45. The van der Waals surface area contributed by atoms with E-state index in [0.29, 0.717) is 32.1 Å². The highest BCUT2D eigenvalue weighted by Gasteiger charge is 2.42. The van der Waals surface area contributed by atoms with E-state index >= 15 is 0 Å². The molecule has 6 heteroatoms. The number of hydrogen-bond acceptors (Lipinski definition) is 6. The van der Waals surface area contributed by atoms with Gasteiger partial charge in [-0.1, -0.05) is 48.5 Å². The van der Waals surface area contributed by atoms with Crippen LogP contribution in [0.1, 0.15) is 35.1 Å². The second kappa shape index (κ2) is 12.5. The highest BCUT2D eigenvalue weighted by molar-refractivity contribution is 5.51. The maximum atomic E-state index is 11.7. The predicted molar refractivity (Wildman–Crippen MR) is 163 cm³/mol. The van der Waals surface area contributed by atoms with Gasteiger partial charge in [0.05, 0.1) is 5.76 Å². The van der Waals surface area contributed by atoms with Crippen molar-refractivity contribution < 1.29 is 30.3 Å². The molecule has 4 aromatic carbocycles. The van der Waals surface area contributed by atoms with Gasteiger partial charge in [0.2, 0.25) is 0 Å². The molecule has 1 atom stereocenters. The molecule has 0 saturated heterocycles. The van der Waals surface area contributed by atoms with Crippen LogP contribution in [0, 0.1) is 0 Å². The van der Waals surface area contributed by atoms with E-state index in [-0.39, 0.29) is 35.2 Å². The first-order chi connectivity index (χ1) is 20.2. The SMILES string of the molecule is COC1(Cc2ccc(O)cc2)CC(O)=C(Cc2ccc(O)cc2)C(CCc2cccc(O)c2)=C1Cc1ccc(O)cc1. The summed E-state index contributed by atoms with van der Waals surface area (Å²) in [5.74, 6) is 1.01. The number of benzene rings is 4. The lowest BCUT2D eigenvalue weighted by molar-refractivity contribution is 0.00898. The van der Waals surface area contributed by atoms with Crippen LogP contribution in [0.15, 0.2) is 120 Å². The van der Waals surface area contributed by atoms with E-state index in [1.165, 1.54) is 0 Å². The summed E-state index contributed by atoms with van der Waals surface area (Å²) in [6, 6.07) is 28.4. The third-order valence-corrected chi connectivity index (χ3v) is 8.11. The van der Waals surface area contributed by atoms with Crippen molar-refractivity contribution >= 4 is 0 Å². The first-order valence-corrected chi connectivity index (χ1v) is 14.1. The molecule has 0 radical (unpaired) electrons. The number of aliphatic hydroxyl groups excluding tert-OH is 1.